The van der Waals surface area contributed by atoms with E-state index in [1.807, 2.05) is 30.3 Å². The number of ether oxygens (including phenoxy) is 1. The molecule has 24 heavy (non-hydrogen) atoms. The summed E-state index contributed by atoms with van der Waals surface area (Å²) >= 11 is 11.8. The van der Waals surface area contributed by atoms with Crippen LogP contribution < -0.4 is 5.32 Å². The van der Waals surface area contributed by atoms with Crippen molar-refractivity contribution in [3.63, 3.8) is 0 Å². The molecule has 1 atom stereocenters. The summed E-state index contributed by atoms with van der Waals surface area (Å²) in [5.41, 5.74) is 0.783. The Morgan fingerprint density at radius 3 is 2.54 bits per heavy atom. The van der Waals surface area contributed by atoms with Crippen molar-refractivity contribution >= 4 is 35.1 Å². The van der Waals surface area contributed by atoms with Crippen molar-refractivity contribution in [3.05, 3.63) is 63.9 Å². The minimum Gasteiger partial charge on any atom is -0.466 e. The molecule has 0 aliphatic carbocycles. The molecule has 7 heteroatoms. The van der Waals surface area contributed by atoms with Crippen molar-refractivity contribution in [3.8, 4) is 0 Å². The highest BCUT2D eigenvalue weighted by atomic mass is 35.5. The van der Waals surface area contributed by atoms with Gasteiger partial charge in [-0.1, -0.05) is 53.5 Å². The highest BCUT2D eigenvalue weighted by Gasteiger charge is 2.22. The molecule has 2 rings (SSSR count). The number of rotatable bonds is 6. The van der Waals surface area contributed by atoms with E-state index in [0.717, 1.165) is 5.56 Å². The molecule has 0 saturated heterocycles. The Labute approximate surface area is 149 Å². The van der Waals surface area contributed by atoms with Gasteiger partial charge in [0.1, 0.15) is 10.8 Å². The highest BCUT2D eigenvalue weighted by molar-refractivity contribution is 6.34. The van der Waals surface area contributed by atoms with Crippen LogP contribution in [0.25, 0.3) is 0 Å². The topological polar surface area (TPSA) is 68.3 Å². The number of nitrogens with one attached hydrogen (secondary N) is 1. The Hall–Kier alpha value is -2.11. The average Bonchev–Trinajstić information content (AvgIpc) is 2.57. The van der Waals surface area contributed by atoms with Crippen LogP contribution in [-0.4, -0.2) is 23.5 Å². The maximum absolute atomic E-state index is 12.5. The standard InChI is InChI=1S/C17H16Cl2N2O3/c1-2-24-15(22)10-13(11-6-4-3-5-7-11)20-17(23)16-12(18)8-9-14(19)21-16/h3-9,13H,2,10H2,1H3,(H,20,23). The van der Waals surface area contributed by atoms with E-state index in [9.17, 15) is 9.59 Å². The summed E-state index contributed by atoms with van der Waals surface area (Å²) in [5, 5.41) is 3.10. The predicted octanol–water partition coefficient (Wildman–Crippen LogP) is 3.81. The monoisotopic (exact) mass is 366 g/mol. The largest absolute Gasteiger partial charge is 0.466 e. The number of halogens is 2. The summed E-state index contributed by atoms with van der Waals surface area (Å²) < 4.78 is 4.97. The van der Waals surface area contributed by atoms with E-state index < -0.39 is 17.9 Å². The fourth-order valence-corrected chi connectivity index (χ4v) is 2.47. The van der Waals surface area contributed by atoms with Gasteiger partial charge in [-0.3, -0.25) is 9.59 Å². The molecule has 126 valence electrons. The molecule has 0 spiro atoms. The first-order valence-electron chi connectivity index (χ1n) is 7.34. The predicted molar refractivity (Wildman–Crippen MR) is 92.2 cm³/mol. The Kier molecular flexibility index (Phi) is 6.58. The zero-order chi connectivity index (χ0) is 17.5. The van der Waals surface area contributed by atoms with E-state index in [2.05, 4.69) is 10.3 Å². The minimum atomic E-state index is -0.561. The molecule has 5 nitrogen and oxygen atoms in total. The third-order valence-corrected chi connectivity index (χ3v) is 3.73. The van der Waals surface area contributed by atoms with Gasteiger partial charge in [0, 0.05) is 0 Å². The van der Waals surface area contributed by atoms with Crippen LogP contribution in [0.2, 0.25) is 10.2 Å². The van der Waals surface area contributed by atoms with E-state index in [-0.39, 0.29) is 28.9 Å². The molecule has 1 unspecified atom stereocenters. The first-order chi connectivity index (χ1) is 11.5. The number of carbonyl (C=O) groups excluding carboxylic acids is 2. The van der Waals surface area contributed by atoms with Crippen molar-refractivity contribution < 1.29 is 14.3 Å². The number of benzene rings is 1. The molecule has 2 aromatic rings. The Morgan fingerprint density at radius 1 is 1.17 bits per heavy atom. The van der Waals surface area contributed by atoms with Gasteiger partial charge in [0.15, 0.2) is 0 Å². The van der Waals surface area contributed by atoms with Gasteiger partial charge >= 0.3 is 5.97 Å². The SMILES string of the molecule is CCOC(=O)CC(NC(=O)c1nc(Cl)ccc1Cl)c1ccccc1. The molecule has 1 aromatic carbocycles. The van der Waals surface area contributed by atoms with E-state index >= 15 is 0 Å². The molecule has 1 N–H and O–H groups in total. The molecular weight excluding hydrogens is 351 g/mol. The van der Waals surface area contributed by atoms with Gasteiger partial charge in [-0.15, -0.1) is 0 Å². The lowest BCUT2D eigenvalue weighted by Crippen LogP contribution is -2.31. The third-order valence-electron chi connectivity index (χ3n) is 3.21. The average molecular weight is 367 g/mol. The molecule has 0 aliphatic heterocycles. The number of hydrogen-bond donors (Lipinski definition) is 1. The van der Waals surface area contributed by atoms with Crippen molar-refractivity contribution in [2.75, 3.05) is 6.61 Å². The van der Waals surface area contributed by atoms with Crippen LogP contribution >= 0.6 is 23.2 Å². The van der Waals surface area contributed by atoms with E-state index in [1.54, 1.807) is 6.92 Å². The van der Waals surface area contributed by atoms with Gasteiger partial charge in [-0.25, -0.2) is 4.98 Å². The maximum atomic E-state index is 12.5. The van der Waals surface area contributed by atoms with Gasteiger partial charge in [-0.2, -0.15) is 0 Å². The fraction of sp³-hybridized carbons (Fsp3) is 0.235. The van der Waals surface area contributed by atoms with Crippen LogP contribution in [-0.2, 0) is 9.53 Å². The second-order valence-corrected chi connectivity index (χ2v) is 5.70. The molecule has 0 aliphatic rings. The lowest BCUT2D eigenvalue weighted by atomic mass is 10.0. The number of aromatic nitrogens is 1. The summed E-state index contributed by atoms with van der Waals surface area (Å²) in [5.74, 6) is -0.919. The number of hydrogen-bond acceptors (Lipinski definition) is 4. The quantitative estimate of drug-likeness (QED) is 0.623. The molecule has 0 bridgehead atoms. The van der Waals surface area contributed by atoms with Gasteiger partial charge in [-0.05, 0) is 24.6 Å². The number of esters is 1. The minimum absolute atomic E-state index is 0.00176. The summed E-state index contributed by atoms with van der Waals surface area (Å²) in [6.45, 7) is 2.00. The van der Waals surface area contributed by atoms with Crippen molar-refractivity contribution in [1.82, 2.24) is 10.3 Å². The number of amides is 1. The van der Waals surface area contributed by atoms with Gasteiger partial charge in [0.25, 0.3) is 5.91 Å². The lowest BCUT2D eigenvalue weighted by molar-refractivity contribution is -0.143. The second-order valence-electron chi connectivity index (χ2n) is 4.91. The highest BCUT2D eigenvalue weighted by Crippen LogP contribution is 2.21. The first kappa shape index (κ1) is 18.2. The molecule has 1 amide bonds. The molecule has 0 fully saturated rings. The smallest absolute Gasteiger partial charge is 0.308 e. The first-order valence-corrected chi connectivity index (χ1v) is 8.10. The lowest BCUT2D eigenvalue weighted by Gasteiger charge is -2.18. The normalized spacial score (nSPS) is 11.6. The Morgan fingerprint density at radius 2 is 1.88 bits per heavy atom. The van der Waals surface area contributed by atoms with Gasteiger partial charge in [0.2, 0.25) is 0 Å². The zero-order valence-corrected chi connectivity index (χ0v) is 14.5. The van der Waals surface area contributed by atoms with Crippen LogP contribution in [0.15, 0.2) is 42.5 Å². The second kappa shape index (κ2) is 8.66. The van der Waals surface area contributed by atoms with Crippen LogP contribution in [0.3, 0.4) is 0 Å². The summed E-state index contributed by atoms with van der Waals surface area (Å²) in [6, 6.07) is 11.6. The molecular formula is C17H16Cl2N2O3. The molecule has 0 saturated carbocycles. The summed E-state index contributed by atoms with van der Waals surface area (Å²) in [4.78, 5) is 28.2. The molecule has 1 heterocycles. The molecule has 0 radical (unpaired) electrons. The van der Waals surface area contributed by atoms with Crippen LogP contribution in [0.4, 0.5) is 0 Å². The van der Waals surface area contributed by atoms with E-state index in [4.69, 9.17) is 27.9 Å². The van der Waals surface area contributed by atoms with Crippen molar-refractivity contribution in [2.45, 2.75) is 19.4 Å². The number of nitrogens with zero attached hydrogens (tertiary/aromatic N) is 1. The zero-order valence-electron chi connectivity index (χ0n) is 13.0. The number of carbonyl (C=O) groups is 2. The fourth-order valence-electron chi connectivity index (χ4n) is 2.13. The van der Waals surface area contributed by atoms with Crippen LogP contribution in [0.1, 0.15) is 35.4 Å². The van der Waals surface area contributed by atoms with E-state index in [1.165, 1.54) is 12.1 Å². The van der Waals surface area contributed by atoms with Gasteiger partial charge < -0.3 is 10.1 Å². The summed E-state index contributed by atoms with van der Waals surface area (Å²) in [6.07, 6.45) is 0.00176. The maximum Gasteiger partial charge on any atom is 0.308 e. The van der Waals surface area contributed by atoms with Crippen molar-refractivity contribution in [1.29, 1.82) is 0 Å². The van der Waals surface area contributed by atoms with Crippen LogP contribution in [0.5, 0.6) is 0 Å². The number of pyridine rings is 1. The summed E-state index contributed by atoms with van der Waals surface area (Å²) in [7, 11) is 0. The van der Waals surface area contributed by atoms with Gasteiger partial charge in [0.05, 0.1) is 24.1 Å². The van der Waals surface area contributed by atoms with E-state index in [0.29, 0.717) is 0 Å². The van der Waals surface area contributed by atoms with Crippen molar-refractivity contribution in [2.24, 2.45) is 0 Å². The Balaban J connectivity index is 2.22. The Bertz CT molecular complexity index is 723. The van der Waals surface area contributed by atoms with Crippen LogP contribution in [0, 0.1) is 0 Å². The third kappa shape index (κ3) is 4.94. The molecule has 1 aromatic heterocycles.